The molecular weight excluding hydrogens is 478 g/mol. The smallest absolute Gasteiger partial charge is 0.420 e. The van der Waals surface area contributed by atoms with Crippen molar-refractivity contribution in [3.8, 4) is 16.9 Å². The first-order valence-corrected chi connectivity index (χ1v) is 11.2. The van der Waals surface area contributed by atoms with E-state index in [1.165, 1.54) is 24.3 Å². The van der Waals surface area contributed by atoms with E-state index >= 15 is 4.39 Å². The molecule has 0 fully saturated rings. The summed E-state index contributed by atoms with van der Waals surface area (Å²) in [7, 11) is 0. The fourth-order valence-electron chi connectivity index (χ4n) is 3.96. The number of nitrogens with two attached hydrogens (primary N) is 1. The molecule has 4 rings (SSSR count). The number of ether oxygens (including phenoxy) is 2. The molecule has 0 radical (unpaired) electrons. The van der Waals surface area contributed by atoms with Gasteiger partial charge in [-0.15, -0.1) is 0 Å². The highest BCUT2D eigenvalue weighted by Crippen LogP contribution is 2.41. The van der Waals surface area contributed by atoms with Gasteiger partial charge in [-0.05, 0) is 30.7 Å². The van der Waals surface area contributed by atoms with E-state index in [4.69, 9.17) is 19.6 Å². The second kappa shape index (κ2) is 10.4. The molecule has 9 heteroatoms. The van der Waals surface area contributed by atoms with Crippen LogP contribution in [0.3, 0.4) is 0 Å². The predicted octanol–water partition coefficient (Wildman–Crippen LogP) is 6.40. The third-order valence-electron chi connectivity index (χ3n) is 5.63. The summed E-state index contributed by atoms with van der Waals surface area (Å²) in [5.41, 5.74) is 5.90. The largest absolute Gasteiger partial charge is 0.489 e. The van der Waals surface area contributed by atoms with E-state index in [1.807, 2.05) is 0 Å². The maximum Gasteiger partial charge on any atom is 0.420 e. The van der Waals surface area contributed by atoms with E-state index in [-0.39, 0.29) is 53.8 Å². The molecule has 0 aliphatic heterocycles. The van der Waals surface area contributed by atoms with E-state index < -0.39 is 23.5 Å². The number of alkyl halides is 3. The second-order valence-corrected chi connectivity index (χ2v) is 8.03. The number of para-hydroxylation sites is 1. The van der Waals surface area contributed by atoms with Crippen LogP contribution in [0, 0.1) is 5.82 Å². The van der Waals surface area contributed by atoms with Crippen molar-refractivity contribution < 1.29 is 36.2 Å². The summed E-state index contributed by atoms with van der Waals surface area (Å²) < 4.78 is 72.3. The molecule has 4 aromatic rings. The highest BCUT2D eigenvalue weighted by Gasteiger charge is 2.35. The maximum atomic E-state index is 15.1. The zero-order chi connectivity index (χ0) is 25.9. The molecule has 3 aromatic carbocycles. The minimum absolute atomic E-state index is 0.0225. The molecule has 2 N–H and O–H groups in total. The third kappa shape index (κ3) is 5.21. The van der Waals surface area contributed by atoms with Crippen molar-refractivity contribution in [1.82, 2.24) is 0 Å². The molecule has 0 bridgehead atoms. The lowest BCUT2D eigenvalue weighted by molar-refractivity contribution is -0.142. The van der Waals surface area contributed by atoms with Crippen LogP contribution < -0.4 is 10.5 Å². The van der Waals surface area contributed by atoms with Gasteiger partial charge >= 0.3 is 12.1 Å². The Kier molecular flexibility index (Phi) is 7.30. The Labute approximate surface area is 204 Å². The fourth-order valence-corrected chi connectivity index (χ4v) is 3.96. The Morgan fingerprint density at radius 3 is 2.50 bits per heavy atom. The minimum atomic E-state index is -4.67. The van der Waals surface area contributed by atoms with Crippen LogP contribution in [0.2, 0.25) is 0 Å². The van der Waals surface area contributed by atoms with Gasteiger partial charge in [0.2, 0.25) is 0 Å². The summed E-state index contributed by atoms with van der Waals surface area (Å²) in [6.07, 6.45) is -4.07. The van der Waals surface area contributed by atoms with Crippen LogP contribution in [0.5, 0.6) is 5.75 Å². The van der Waals surface area contributed by atoms with E-state index in [0.717, 1.165) is 0 Å². The van der Waals surface area contributed by atoms with E-state index in [1.54, 1.807) is 37.3 Å². The molecule has 0 aliphatic carbocycles. The zero-order valence-electron chi connectivity index (χ0n) is 19.3. The topological polar surface area (TPSA) is 74.7 Å². The number of furan rings is 1. The Morgan fingerprint density at radius 2 is 1.78 bits per heavy atom. The van der Waals surface area contributed by atoms with Crippen LogP contribution >= 0.6 is 0 Å². The van der Waals surface area contributed by atoms with Gasteiger partial charge in [0.15, 0.2) is 0 Å². The van der Waals surface area contributed by atoms with E-state index in [0.29, 0.717) is 23.1 Å². The monoisotopic (exact) mass is 501 g/mol. The van der Waals surface area contributed by atoms with Crippen molar-refractivity contribution in [2.24, 2.45) is 5.73 Å². The van der Waals surface area contributed by atoms with Crippen LogP contribution in [0.4, 0.5) is 17.6 Å². The highest BCUT2D eigenvalue weighted by molar-refractivity contribution is 5.95. The van der Waals surface area contributed by atoms with Gasteiger partial charge in [-0.3, -0.25) is 4.79 Å². The molecule has 0 spiro atoms. The van der Waals surface area contributed by atoms with E-state index in [9.17, 15) is 18.0 Å². The van der Waals surface area contributed by atoms with Crippen LogP contribution in [-0.4, -0.2) is 12.6 Å². The van der Waals surface area contributed by atoms with Gasteiger partial charge < -0.3 is 19.6 Å². The molecule has 0 saturated carbocycles. The Hall–Kier alpha value is -3.85. The summed E-state index contributed by atoms with van der Waals surface area (Å²) in [6, 6.07) is 14.2. The number of fused-ring (bicyclic) bond motifs is 1. The van der Waals surface area contributed by atoms with Crippen molar-refractivity contribution >= 4 is 16.9 Å². The maximum absolute atomic E-state index is 15.1. The van der Waals surface area contributed by atoms with Crippen molar-refractivity contribution in [3.63, 3.8) is 0 Å². The lowest BCUT2D eigenvalue weighted by atomic mass is 9.97. The molecule has 0 aliphatic rings. The van der Waals surface area contributed by atoms with Crippen LogP contribution in [0.1, 0.15) is 29.2 Å². The quantitative estimate of drug-likeness (QED) is 0.223. The molecule has 0 unspecified atom stereocenters. The molecule has 1 heterocycles. The molecule has 0 amide bonds. The number of benzene rings is 3. The van der Waals surface area contributed by atoms with Gasteiger partial charge in [0.1, 0.15) is 35.6 Å². The van der Waals surface area contributed by atoms with Gasteiger partial charge in [0, 0.05) is 34.2 Å². The number of carbonyl (C=O) groups excluding carboxylic acids is 1. The minimum Gasteiger partial charge on any atom is -0.489 e. The van der Waals surface area contributed by atoms with Crippen LogP contribution in [0.15, 0.2) is 65.3 Å². The van der Waals surface area contributed by atoms with Crippen molar-refractivity contribution in [3.05, 3.63) is 88.9 Å². The number of hydrogen-bond donors (Lipinski definition) is 1. The van der Waals surface area contributed by atoms with E-state index in [2.05, 4.69) is 0 Å². The summed E-state index contributed by atoms with van der Waals surface area (Å²) in [4.78, 5) is 11.9. The van der Waals surface area contributed by atoms with Crippen molar-refractivity contribution in [2.75, 3.05) is 6.61 Å². The number of rotatable bonds is 8. The standard InChI is InChI=1S/C27H23F4NO4/c1-2-34-24(33)12-17-6-3-4-9-23(17)35-14-16-10-20(19-8-5-7-18(13-32)25(19)28)26-21(11-16)22(15-36-26)27(29,30)31/h3-11,15H,2,12-14,32H2,1H3. The molecule has 1 aromatic heterocycles. The highest BCUT2D eigenvalue weighted by atomic mass is 19.4. The SMILES string of the molecule is CCOC(=O)Cc1ccccc1OCc1cc(-c2cccc(CN)c2F)c2occ(C(F)(F)F)c2c1. The first-order chi connectivity index (χ1) is 17.2. The number of halogens is 4. The van der Waals surface area contributed by atoms with Crippen LogP contribution in [0.25, 0.3) is 22.1 Å². The summed E-state index contributed by atoms with van der Waals surface area (Å²) in [5, 5.41) is -0.212. The van der Waals surface area contributed by atoms with Gasteiger partial charge in [0.05, 0.1) is 13.0 Å². The Bertz CT molecular complexity index is 1390. The average Bonchev–Trinajstić information content (AvgIpc) is 3.28. The first-order valence-electron chi connectivity index (χ1n) is 11.2. The zero-order valence-corrected chi connectivity index (χ0v) is 19.3. The predicted molar refractivity (Wildman–Crippen MR) is 126 cm³/mol. The van der Waals surface area contributed by atoms with Gasteiger partial charge in [-0.2, -0.15) is 13.2 Å². The molecule has 5 nitrogen and oxygen atoms in total. The Balaban J connectivity index is 1.76. The lowest BCUT2D eigenvalue weighted by Gasteiger charge is -2.14. The number of esters is 1. The average molecular weight is 501 g/mol. The van der Waals surface area contributed by atoms with Gasteiger partial charge in [-0.25, -0.2) is 4.39 Å². The van der Waals surface area contributed by atoms with Crippen molar-refractivity contribution in [2.45, 2.75) is 32.7 Å². The van der Waals surface area contributed by atoms with Crippen molar-refractivity contribution in [1.29, 1.82) is 0 Å². The third-order valence-corrected chi connectivity index (χ3v) is 5.63. The van der Waals surface area contributed by atoms with Gasteiger partial charge in [-0.1, -0.05) is 36.4 Å². The molecule has 188 valence electrons. The molecule has 0 saturated heterocycles. The lowest BCUT2D eigenvalue weighted by Crippen LogP contribution is -2.09. The molecular formula is C27H23F4NO4. The molecule has 0 atom stereocenters. The number of carbonyl (C=O) groups is 1. The molecule has 36 heavy (non-hydrogen) atoms. The second-order valence-electron chi connectivity index (χ2n) is 8.03. The summed E-state index contributed by atoms with van der Waals surface area (Å²) in [6.45, 7) is 1.72. The summed E-state index contributed by atoms with van der Waals surface area (Å²) >= 11 is 0. The first kappa shape index (κ1) is 25.2. The summed E-state index contributed by atoms with van der Waals surface area (Å²) in [5.74, 6) is -0.684. The fraction of sp³-hybridized carbons (Fsp3) is 0.222. The number of hydrogen-bond acceptors (Lipinski definition) is 5. The van der Waals surface area contributed by atoms with Gasteiger partial charge in [0.25, 0.3) is 0 Å². The van der Waals surface area contributed by atoms with Crippen LogP contribution in [-0.2, 0) is 35.3 Å². The Morgan fingerprint density at radius 1 is 1.03 bits per heavy atom. The normalized spacial score (nSPS) is 11.6.